The molecule has 25 heavy (non-hydrogen) atoms. The van der Waals surface area contributed by atoms with E-state index >= 15 is 0 Å². The molecule has 0 aliphatic heterocycles. The molecule has 0 radical (unpaired) electrons. The molecular weight excluding hydrogens is 308 g/mol. The third-order valence-corrected chi connectivity index (χ3v) is 4.17. The van der Waals surface area contributed by atoms with E-state index in [0.717, 1.165) is 40.8 Å². The van der Waals surface area contributed by atoms with Gasteiger partial charge in [0.2, 0.25) is 0 Å². The highest BCUT2D eigenvalue weighted by Gasteiger charge is 2.09. The van der Waals surface area contributed by atoms with Crippen molar-refractivity contribution in [3.63, 3.8) is 0 Å². The maximum absolute atomic E-state index is 4.49. The van der Waals surface area contributed by atoms with Crippen LogP contribution < -0.4 is 5.32 Å². The maximum atomic E-state index is 4.49. The number of anilines is 2. The van der Waals surface area contributed by atoms with Gasteiger partial charge in [-0.05, 0) is 36.6 Å². The zero-order chi connectivity index (χ0) is 16.9. The Kier molecular flexibility index (Phi) is 4.33. The van der Waals surface area contributed by atoms with Crippen LogP contribution in [0.2, 0.25) is 0 Å². The summed E-state index contributed by atoms with van der Waals surface area (Å²) in [5.41, 5.74) is 3.22. The second kappa shape index (κ2) is 7.09. The van der Waals surface area contributed by atoms with Crippen LogP contribution in [-0.4, -0.2) is 15.2 Å². The Bertz CT molecular complexity index is 969. The van der Waals surface area contributed by atoms with Crippen LogP contribution >= 0.6 is 0 Å². The van der Waals surface area contributed by atoms with Crippen molar-refractivity contribution in [1.29, 1.82) is 0 Å². The average molecular weight is 326 g/mol. The van der Waals surface area contributed by atoms with E-state index < -0.39 is 0 Å². The van der Waals surface area contributed by atoms with Crippen molar-refractivity contribution < 1.29 is 0 Å². The van der Waals surface area contributed by atoms with Gasteiger partial charge in [-0.3, -0.25) is 4.98 Å². The number of nitrogens with one attached hydrogen (secondary N) is 1. The zero-order valence-electron chi connectivity index (χ0n) is 13.8. The topological polar surface area (TPSA) is 50.7 Å². The number of para-hydroxylation sites is 1. The summed E-state index contributed by atoms with van der Waals surface area (Å²) in [6, 6.07) is 22.4. The van der Waals surface area contributed by atoms with Gasteiger partial charge >= 0.3 is 0 Å². The lowest BCUT2D eigenvalue weighted by molar-refractivity contribution is 0.873. The third kappa shape index (κ3) is 3.48. The minimum atomic E-state index is 0.784. The fourth-order valence-electron chi connectivity index (χ4n) is 2.90. The van der Waals surface area contributed by atoms with Crippen LogP contribution in [0.4, 0.5) is 11.5 Å². The molecule has 0 fully saturated rings. The molecule has 2 heterocycles. The van der Waals surface area contributed by atoms with Crippen molar-refractivity contribution in [3.05, 3.63) is 90.4 Å². The largest absolute Gasteiger partial charge is 0.338 e. The van der Waals surface area contributed by atoms with Gasteiger partial charge in [-0.15, -0.1) is 5.10 Å². The second-order valence-corrected chi connectivity index (χ2v) is 5.89. The Morgan fingerprint density at radius 2 is 1.52 bits per heavy atom. The van der Waals surface area contributed by atoms with E-state index in [9.17, 15) is 0 Å². The number of aryl methyl sites for hydroxylation is 2. The van der Waals surface area contributed by atoms with Crippen LogP contribution in [0.25, 0.3) is 10.8 Å². The molecule has 0 spiro atoms. The van der Waals surface area contributed by atoms with E-state index in [0.29, 0.717) is 0 Å². The lowest BCUT2D eigenvalue weighted by Gasteiger charge is -2.11. The molecule has 4 aromatic rings. The molecule has 4 rings (SSSR count). The Balaban J connectivity index is 1.64. The van der Waals surface area contributed by atoms with Crippen molar-refractivity contribution in [1.82, 2.24) is 15.2 Å². The standard InChI is InChI=1S/C21H18N4/c1-2-8-17(9-3-1)23-21-19-11-5-4-10-18(19)20(24-25-21)13-12-16-7-6-14-22-15-16/h1-11,14-15H,12-13H2,(H,23,25). The summed E-state index contributed by atoms with van der Waals surface area (Å²) < 4.78 is 0. The van der Waals surface area contributed by atoms with Crippen LogP contribution in [0.1, 0.15) is 11.3 Å². The number of aromatic nitrogens is 3. The molecule has 1 N–H and O–H groups in total. The fourth-order valence-corrected chi connectivity index (χ4v) is 2.90. The quantitative estimate of drug-likeness (QED) is 0.584. The van der Waals surface area contributed by atoms with Gasteiger partial charge in [-0.1, -0.05) is 48.5 Å². The molecule has 0 aliphatic carbocycles. The first kappa shape index (κ1) is 15.3. The van der Waals surface area contributed by atoms with Crippen molar-refractivity contribution in [2.24, 2.45) is 0 Å². The summed E-state index contributed by atoms with van der Waals surface area (Å²) in [6.45, 7) is 0. The molecule has 0 aliphatic rings. The zero-order valence-corrected chi connectivity index (χ0v) is 13.8. The SMILES string of the molecule is c1ccc(Nc2nnc(CCc3cccnc3)c3ccccc23)cc1. The molecule has 0 amide bonds. The molecular formula is C21H18N4. The first-order chi connectivity index (χ1) is 12.4. The van der Waals surface area contributed by atoms with Crippen molar-refractivity contribution in [3.8, 4) is 0 Å². The number of nitrogens with zero attached hydrogens (tertiary/aromatic N) is 3. The van der Waals surface area contributed by atoms with E-state index in [2.05, 4.69) is 38.7 Å². The lowest BCUT2D eigenvalue weighted by Crippen LogP contribution is -2.02. The van der Waals surface area contributed by atoms with Crippen LogP contribution in [0.15, 0.2) is 79.1 Å². The first-order valence-electron chi connectivity index (χ1n) is 8.35. The molecule has 2 aromatic heterocycles. The number of benzene rings is 2. The highest BCUT2D eigenvalue weighted by Crippen LogP contribution is 2.26. The van der Waals surface area contributed by atoms with Crippen LogP contribution in [0, 0.1) is 0 Å². The van der Waals surface area contributed by atoms with Gasteiger partial charge < -0.3 is 5.32 Å². The van der Waals surface area contributed by atoms with Gasteiger partial charge in [0.15, 0.2) is 5.82 Å². The highest BCUT2D eigenvalue weighted by atomic mass is 15.2. The summed E-state index contributed by atoms with van der Waals surface area (Å²) in [7, 11) is 0. The molecule has 0 unspecified atom stereocenters. The van der Waals surface area contributed by atoms with Crippen LogP contribution in [0.3, 0.4) is 0 Å². The van der Waals surface area contributed by atoms with E-state index in [1.165, 1.54) is 5.56 Å². The molecule has 4 nitrogen and oxygen atoms in total. The summed E-state index contributed by atoms with van der Waals surface area (Å²) >= 11 is 0. The Morgan fingerprint density at radius 1 is 0.720 bits per heavy atom. The predicted molar refractivity (Wildman–Crippen MR) is 101 cm³/mol. The van der Waals surface area contributed by atoms with Crippen molar-refractivity contribution >= 4 is 22.3 Å². The Hall–Kier alpha value is -3.27. The highest BCUT2D eigenvalue weighted by molar-refractivity contribution is 5.94. The summed E-state index contributed by atoms with van der Waals surface area (Å²) in [4.78, 5) is 4.17. The first-order valence-corrected chi connectivity index (χ1v) is 8.35. The minimum Gasteiger partial charge on any atom is -0.338 e. The van der Waals surface area contributed by atoms with Gasteiger partial charge in [-0.25, -0.2) is 0 Å². The van der Waals surface area contributed by atoms with Crippen molar-refractivity contribution in [2.45, 2.75) is 12.8 Å². The number of hydrogen-bond acceptors (Lipinski definition) is 4. The molecule has 0 bridgehead atoms. The maximum Gasteiger partial charge on any atom is 0.160 e. The molecule has 2 aromatic carbocycles. The molecule has 122 valence electrons. The second-order valence-electron chi connectivity index (χ2n) is 5.89. The predicted octanol–water partition coefficient (Wildman–Crippen LogP) is 4.55. The van der Waals surface area contributed by atoms with Gasteiger partial charge in [0, 0.05) is 28.9 Å². The van der Waals surface area contributed by atoms with E-state index in [-0.39, 0.29) is 0 Å². The smallest absolute Gasteiger partial charge is 0.160 e. The van der Waals surface area contributed by atoms with Gasteiger partial charge in [0.1, 0.15) is 0 Å². The average Bonchev–Trinajstić information content (AvgIpc) is 2.69. The Morgan fingerprint density at radius 3 is 2.32 bits per heavy atom. The molecule has 0 saturated carbocycles. The molecule has 0 atom stereocenters. The van der Waals surface area contributed by atoms with Gasteiger partial charge in [0.05, 0.1) is 5.69 Å². The summed E-state index contributed by atoms with van der Waals surface area (Å²) in [5, 5.41) is 14.5. The van der Waals surface area contributed by atoms with Crippen LogP contribution in [0.5, 0.6) is 0 Å². The Labute approximate surface area is 146 Å². The molecule has 4 heteroatoms. The van der Waals surface area contributed by atoms with E-state index in [1.54, 1.807) is 6.20 Å². The number of hydrogen-bond donors (Lipinski definition) is 1. The van der Waals surface area contributed by atoms with E-state index in [4.69, 9.17) is 0 Å². The number of fused-ring (bicyclic) bond motifs is 1. The van der Waals surface area contributed by atoms with Crippen molar-refractivity contribution in [2.75, 3.05) is 5.32 Å². The lowest BCUT2D eigenvalue weighted by atomic mass is 10.0. The fraction of sp³-hybridized carbons (Fsp3) is 0.0952. The van der Waals surface area contributed by atoms with E-state index in [1.807, 2.05) is 54.7 Å². The summed E-state index contributed by atoms with van der Waals surface area (Å²) in [6.07, 6.45) is 5.44. The minimum absolute atomic E-state index is 0.784. The number of rotatable bonds is 5. The molecule has 0 saturated heterocycles. The summed E-state index contributed by atoms with van der Waals surface area (Å²) in [5.74, 6) is 0.784. The normalized spacial score (nSPS) is 10.7. The number of pyridine rings is 1. The van der Waals surface area contributed by atoms with Gasteiger partial charge in [0.25, 0.3) is 0 Å². The van der Waals surface area contributed by atoms with Gasteiger partial charge in [-0.2, -0.15) is 5.10 Å². The van der Waals surface area contributed by atoms with Crippen LogP contribution in [-0.2, 0) is 12.8 Å². The monoisotopic (exact) mass is 326 g/mol. The third-order valence-electron chi connectivity index (χ3n) is 4.17.